The van der Waals surface area contributed by atoms with E-state index in [-0.39, 0.29) is 23.3 Å². The maximum Gasteiger partial charge on any atom is 0.313 e. The number of primary amides is 1. The Morgan fingerprint density at radius 2 is 1.52 bits per heavy atom. The molecule has 0 saturated carbocycles. The van der Waals surface area contributed by atoms with Crippen molar-refractivity contribution in [3.8, 4) is 11.5 Å². The monoisotopic (exact) mass is 351 g/mol. The second kappa shape index (κ2) is 9.17. The van der Waals surface area contributed by atoms with E-state index in [1.165, 1.54) is 0 Å². The van der Waals surface area contributed by atoms with Crippen LogP contribution in [0.2, 0.25) is 0 Å². The maximum atomic E-state index is 11.9. The van der Waals surface area contributed by atoms with Gasteiger partial charge in [-0.05, 0) is 24.1 Å². The van der Waals surface area contributed by atoms with Gasteiger partial charge in [-0.15, -0.1) is 0 Å². The molecule has 0 radical (unpaired) electrons. The first-order valence-electron chi connectivity index (χ1n) is 8.30. The number of benzene rings is 1. The molecule has 5 N–H and O–H groups in total. The normalized spacial score (nSPS) is 12.1. The predicted molar refractivity (Wildman–Crippen MR) is 91.6 cm³/mol. The Labute approximate surface area is 147 Å². The highest BCUT2D eigenvalue weighted by Crippen LogP contribution is 2.30. The van der Waals surface area contributed by atoms with Gasteiger partial charge in [0.15, 0.2) is 17.5 Å². The van der Waals surface area contributed by atoms with Crippen LogP contribution < -0.4 is 20.9 Å². The van der Waals surface area contributed by atoms with Crippen molar-refractivity contribution >= 4 is 17.8 Å². The Bertz CT molecular complexity index is 640. The van der Waals surface area contributed by atoms with Crippen LogP contribution >= 0.6 is 0 Å². The van der Waals surface area contributed by atoms with Crippen LogP contribution in [0.3, 0.4) is 0 Å². The van der Waals surface area contributed by atoms with Crippen molar-refractivity contribution in [1.82, 2.24) is 0 Å². The molecule has 1 atom stereocenters. The number of amides is 1. The van der Waals surface area contributed by atoms with E-state index >= 15 is 0 Å². The Kier molecular flexibility index (Phi) is 7.57. The molecule has 0 bridgehead atoms. The van der Waals surface area contributed by atoms with Crippen molar-refractivity contribution in [2.24, 2.45) is 17.6 Å². The van der Waals surface area contributed by atoms with Gasteiger partial charge >= 0.3 is 11.9 Å². The molecular weight excluding hydrogens is 324 g/mol. The summed E-state index contributed by atoms with van der Waals surface area (Å²) in [6.07, 6.45) is 1.000. The van der Waals surface area contributed by atoms with Crippen molar-refractivity contribution in [2.75, 3.05) is 0 Å². The molecular formula is C18H27N2O5+. The zero-order valence-corrected chi connectivity index (χ0v) is 15.2. The van der Waals surface area contributed by atoms with Gasteiger partial charge in [0.05, 0.1) is 11.8 Å². The molecule has 0 aromatic heterocycles. The SMILES string of the molecule is CC(C)C(=O)Oc1ccc(CCC([NH3+])C(N)=O)cc1OC(=O)C(C)C. The van der Waals surface area contributed by atoms with Gasteiger partial charge in [0.25, 0.3) is 5.91 Å². The molecule has 1 aromatic rings. The predicted octanol–water partition coefficient (Wildman–Crippen LogP) is 0.838. The Morgan fingerprint density at radius 3 is 2.00 bits per heavy atom. The van der Waals surface area contributed by atoms with Crippen molar-refractivity contribution < 1.29 is 29.6 Å². The number of rotatable bonds is 8. The molecule has 1 amide bonds. The molecule has 0 spiro atoms. The molecule has 7 nitrogen and oxygen atoms in total. The average molecular weight is 351 g/mol. The molecule has 1 rings (SSSR count). The third-order valence-corrected chi connectivity index (χ3v) is 3.56. The van der Waals surface area contributed by atoms with Crippen molar-refractivity contribution in [3.63, 3.8) is 0 Å². The fourth-order valence-electron chi connectivity index (χ4n) is 1.81. The Morgan fingerprint density at radius 1 is 1.00 bits per heavy atom. The van der Waals surface area contributed by atoms with Gasteiger partial charge in [-0.25, -0.2) is 0 Å². The smallest absolute Gasteiger partial charge is 0.313 e. The van der Waals surface area contributed by atoms with E-state index in [0.29, 0.717) is 12.8 Å². The van der Waals surface area contributed by atoms with Crippen molar-refractivity contribution in [2.45, 2.75) is 46.6 Å². The minimum atomic E-state index is -0.500. The van der Waals surface area contributed by atoms with Gasteiger partial charge in [0, 0.05) is 6.42 Å². The Hall–Kier alpha value is -2.41. The summed E-state index contributed by atoms with van der Waals surface area (Å²) in [7, 11) is 0. The summed E-state index contributed by atoms with van der Waals surface area (Å²) in [5.74, 6) is -1.56. The summed E-state index contributed by atoms with van der Waals surface area (Å²) in [6, 6.07) is 4.47. The number of carbonyl (C=O) groups excluding carboxylic acids is 3. The number of hydrogen-bond acceptors (Lipinski definition) is 5. The highest BCUT2D eigenvalue weighted by molar-refractivity contribution is 5.78. The molecule has 0 fully saturated rings. The van der Waals surface area contributed by atoms with Gasteiger partial charge in [0.2, 0.25) is 0 Å². The van der Waals surface area contributed by atoms with Gasteiger partial charge in [-0.1, -0.05) is 33.8 Å². The topological polar surface area (TPSA) is 123 Å². The molecule has 25 heavy (non-hydrogen) atoms. The first-order valence-corrected chi connectivity index (χ1v) is 8.30. The van der Waals surface area contributed by atoms with E-state index in [1.807, 2.05) is 0 Å². The molecule has 7 heteroatoms. The fourth-order valence-corrected chi connectivity index (χ4v) is 1.81. The molecule has 0 aliphatic heterocycles. The van der Waals surface area contributed by atoms with Gasteiger partial charge in [0.1, 0.15) is 0 Å². The molecule has 0 saturated heterocycles. The van der Waals surface area contributed by atoms with Crippen LogP contribution in [-0.2, 0) is 20.8 Å². The van der Waals surface area contributed by atoms with Crippen molar-refractivity contribution in [3.05, 3.63) is 23.8 Å². The first kappa shape index (κ1) is 20.6. The van der Waals surface area contributed by atoms with E-state index in [0.717, 1.165) is 5.56 Å². The quantitative estimate of drug-likeness (QED) is 0.530. The van der Waals surface area contributed by atoms with Gasteiger partial charge in [-0.2, -0.15) is 0 Å². The summed E-state index contributed by atoms with van der Waals surface area (Å²) < 4.78 is 10.7. The zero-order chi connectivity index (χ0) is 19.1. The van der Waals surface area contributed by atoms with Crippen LogP contribution in [0.5, 0.6) is 11.5 Å². The summed E-state index contributed by atoms with van der Waals surface area (Å²) in [4.78, 5) is 34.8. The number of ether oxygens (including phenoxy) is 2. The number of quaternary nitrogens is 1. The summed E-state index contributed by atoms with van der Waals surface area (Å²) >= 11 is 0. The van der Waals surface area contributed by atoms with Crippen LogP contribution in [0.1, 0.15) is 39.7 Å². The summed E-state index contributed by atoms with van der Waals surface area (Å²) in [5.41, 5.74) is 9.73. The van der Waals surface area contributed by atoms with E-state index in [2.05, 4.69) is 5.73 Å². The highest BCUT2D eigenvalue weighted by Gasteiger charge is 2.19. The van der Waals surface area contributed by atoms with Crippen LogP contribution in [0, 0.1) is 11.8 Å². The maximum absolute atomic E-state index is 11.9. The number of hydrogen-bond donors (Lipinski definition) is 2. The minimum Gasteiger partial charge on any atom is -0.422 e. The average Bonchev–Trinajstić information content (AvgIpc) is 2.53. The number of nitrogens with two attached hydrogens (primary N) is 1. The Balaban J connectivity index is 3.02. The zero-order valence-electron chi connectivity index (χ0n) is 15.2. The largest absolute Gasteiger partial charge is 0.422 e. The lowest BCUT2D eigenvalue weighted by molar-refractivity contribution is -0.404. The van der Waals surface area contributed by atoms with Crippen LogP contribution in [0.4, 0.5) is 0 Å². The first-order chi connectivity index (χ1) is 11.6. The van der Waals surface area contributed by atoms with Crippen molar-refractivity contribution in [1.29, 1.82) is 0 Å². The van der Waals surface area contributed by atoms with E-state index in [9.17, 15) is 14.4 Å². The highest BCUT2D eigenvalue weighted by atomic mass is 16.6. The van der Waals surface area contributed by atoms with Crippen LogP contribution in [0.25, 0.3) is 0 Å². The molecule has 138 valence electrons. The fraction of sp³-hybridized carbons (Fsp3) is 0.500. The minimum absolute atomic E-state index is 0.185. The summed E-state index contributed by atoms with van der Waals surface area (Å²) in [5, 5.41) is 0. The van der Waals surface area contributed by atoms with Gasteiger partial charge in [-0.3, -0.25) is 14.4 Å². The summed E-state index contributed by atoms with van der Waals surface area (Å²) in [6.45, 7) is 6.86. The molecule has 0 heterocycles. The molecule has 1 unspecified atom stereocenters. The lowest BCUT2D eigenvalue weighted by Crippen LogP contribution is -2.66. The third-order valence-electron chi connectivity index (χ3n) is 3.56. The van der Waals surface area contributed by atoms with Crippen LogP contribution in [0.15, 0.2) is 18.2 Å². The second-order valence-corrected chi connectivity index (χ2v) is 6.57. The molecule has 0 aliphatic rings. The van der Waals surface area contributed by atoms with Crippen LogP contribution in [-0.4, -0.2) is 23.9 Å². The number of aryl methyl sites for hydroxylation is 1. The van der Waals surface area contributed by atoms with Gasteiger partial charge < -0.3 is 20.9 Å². The van der Waals surface area contributed by atoms with E-state index in [1.54, 1.807) is 45.9 Å². The third kappa shape index (κ3) is 6.54. The lowest BCUT2D eigenvalue weighted by atomic mass is 10.0. The molecule has 0 aliphatic carbocycles. The lowest BCUT2D eigenvalue weighted by Gasteiger charge is -2.14. The van der Waals surface area contributed by atoms with E-state index in [4.69, 9.17) is 15.2 Å². The van der Waals surface area contributed by atoms with E-state index < -0.39 is 23.9 Å². The number of carbonyl (C=O) groups is 3. The number of esters is 2. The second-order valence-electron chi connectivity index (χ2n) is 6.57. The standard InChI is InChI=1S/C18H26N2O5/c1-10(2)17(22)24-14-8-6-12(5-7-13(19)16(20)21)9-15(14)25-18(23)11(3)4/h6,8-11,13H,5,7,19H2,1-4H3,(H2,20,21)/p+1. The molecule has 1 aromatic carbocycles.